The largest absolute Gasteiger partial charge is 0.452 e. The van der Waals surface area contributed by atoms with Crippen LogP contribution < -0.4 is 4.90 Å². The second kappa shape index (κ2) is 9.95. The first kappa shape index (κ1) is 22.0. The highest BCUT2D eigenvalue weighted by molar-refractivity contribution is 5.98. The number of nitro groups is 1. The van der Waals surface area contributed by atoms with Gasteiger partial charge >= 0.3 is 5.97 Å². The number of hydrogen-bond donors (Lipinski definition) is 0. The summed E-state index contributed by atoms with van der Waals surface area (Å²) >= 11 is 0. The van der Waals surface area contributed by atoms with Crippen molar-refractivity contribution in [1.82, 2.24) is 4.90 Å². The van der Waals surface area contributed by atoms with Gasteiger partial charge in [-0.25, -0.2) is 4.79 Å². The zero-order valence-electron chi connectivity index (χ0n) is 17.9. The highest BCUT2D eigenvalue weighted by Crippen LogP contribution is 2.24. The van der Waals surface area contributed by atoms with E-state index in [1.54, 1.807) is 29.2 Å². The second-order valence-electron chi connectivity index (χ2n) is 7.63. The molecule has 8 heteroatoms. The Bertz CT molecular complexity index is 1140. The summed E-state index contributed by atoms with van der Waals surface area (Å²) in [6.45, 7) is 1.82. The molecule has 1 amide bonds. The fraction of sp³-hybridized carbons (Fsp3) is 0.200. The molecule has 1 heterocycles. The monoisotopic (exact) mass is 445 g/mol. The first-order valence-electron chi connectivity index (χ1n) is 10.6. The number of non-ortho nitro benzene ring substituents is 1. The highest BCUT2D eigenvalue weighted by atomic mass is 16.6. The molecule has 168 valence electrons. The van der Waals surface area contributed by atoms with Crippen molar-refractivity contribution in [2.24, 2.45) is 0 Å². The summed E-state index contributed by atoms with van der Waals surface area (Å²) in [5.74, 6) is -0.781. The first-order valence-corrected chi connectivity index (χ1v) is 10.6. The number of nitrogens with zero attached hydrogens (tertiary/aromatic N) is 3. The van der Waals surface area contributed by atoms with E-state index in [1.165, 1.54) is 12.1 Å². The standard InChI is InChI=1S/C25H23N3O5/c29-24(27-16-14-26(15-17-27)20-10-12-21(13-11-20)28(31)32)18-33-25(30)23-9-5-4-8-22(23)19-6-2-1-3-7-19/h1-13H,14-18H2. The van der Waals surface area contributed by atoms with Crippen LogP contribution in [0.2, 0.25) is 0 Å². The number of ether oxygens (including phenoxy) is 1. The van der Waals surface area contributed by atoms with Gasteiger partial charge in [-0.2, -0.15) is 0 Å². The average molecular weight is 445 g/mol. The molecule has 0 aliphatic carbocycles. The van der Waals surface area contributed by atoms with Crippen LogP contribution in [0.3, 0.4) is 0 Å². The molecular formula is C25H23N3O5. The Labute approximate surface area is 191 Å². The fourth-order valence-electron chi connectivity index (χ4n) is 3.83. The van der Waals surface area contributed by atoms with E-state index >= 15 is 0 Å². The summed E-state index contributed by atoms with van der Waals surface area (Å²) in [7, 11) is 0. The molecule has 0 radical (unpaired) electrons. The molecule has 0 atom stereocenters. The minimum atomic E-state index is -0.535. The molecule has 1 aliphatic rings. The smallest absolute Gasteiger partial charge is 0.339 e. The molecule has 8 nitrogen and oxygen atoms in total. The van der Waals surface area contributed by atoms with Crippen molar-refractivity contribution >= 4 is 23.3 Å². The number of amides is 1. The lowest BCUT2D eigenvalue weighted by Crippen LogP contribution is -2.49. The van der Waals surface area contributed by atoms with Crippen LogP contribution in [0.15, 0.2) is 78.9 Å². The van der Waals surface area contributed by atoms with Gasteiger partial charge in [0, 0.05) is 44.0 Å². The molecule has 0 spiro atoms. The average Bonchev–Trinajstić information content (AvgIpc) is 2.87. The zero-order valence-corrected chi connectivity index (χ0v) is 17.9. The molecule has 0 unspecified atom stereocenters. The Hall–Kier alpha value is -4.20. The molecular weight excluding hydrogens is 422 g/mol. The Balaban J connectivity index is 1.31. The lowest BCUT2D eigenvalue weighted by molar-refractivity contribution is -0.384. The van der Waals surface area contributed by atoms with Crippen molar-refractivity contribution in [3.8, 4) is 11.1 Å². The number of esters is 1. The maximum atomic E-state index is 12.7. The Morgan fingerprint density at radius 2 is 1.48 bits per heavy atom. The van der Waals surface area contributed by atoms with Crippen molar-refractivity contribution in [3.63, 3.8) is 0 Å². The van der Waals surface area contributed by atoms with E-state index in [-0.39, 0.29) is 18.2 Å². The second-order valence-corrected chi connectivity index (χ2v) is 7.63. The van der Waals surface area contributed by atoms with Crippen molar-refractivity contribution in [2.75, 3.05) is 37.7 Å². The molecule has 3 aromatic carbocycles. The van der Waals surface area contributed by atoms with Gasteiger partial charge < -0.3 is 14.5 Å². The van der Waals surface area contributed by atoms with Crippen molar-refractivity contribution in [3.05, 3.63) is 94.5 Å². The van der Waals surface area contributed by atoms with Crippen LogP contribution in [-0.4, -0.2) is 54.5 Å². The van der Waals surface area contributed by atoms with Crippen LogP contribution >= 0.6 is 0 Å². The van der Waals surface area contributed by atoms with E-state index in [9.17, 15) is 19.7 Å². The van der Waals surface area contributed by atoms with Crippen molar-refractivity contribution in [1.29, 1.82) is 0 Å². The minimum Gasteiger partial charge on any atom is -0.452 e. The number of anilines is 1. The molecule has 1 saturated heterocycles. The maximum Gasteiger partial charge on any atom is 0.339 e. The summed E-state index contributed by atoms with van der Waals surface area (Å²) in [6.07, 6.45) is 0. The highest BCUT2D eigenvalue weighted by Gasteiger charge is 2.23. The third kappa shape index (κ3) is 5.17. The summed E-state index contributed by atoms with van der Waals surface area (Å²) in [6, 6.07) is 23.1. The first-order chi connectivity index (χ1) is 16.0. The van der Waals surface area contributed by atoms with Crippen LogP contribution in [0.4, 0.5) is 11.4 Å². The van der Waals surface area contributed by atoms with Gasteiger partial charge in [-0.1, -0.05) is 48.5 Å². The van der Waals surface area contributed by atoms with Gasteiger partial charge in [0.1, 0.15) is 0 Å². The van der Waals surface area contributed by atoms with E-state index in [1.807, 2.05) is 42.5 Å². The Morgan fingerprint density at radius 1 is 0.848 bits per heavy atom. The van der Waals surface area contributed by atoms with Crippen LogP contribution in [0.1, 0.15) is 10.4 Å². The Morgan fingerprint density at radius 3 is 2.15 bits per heavy atom. The molecule has 4 rings (SSSR count). The summed E-state index contributed by atoms with van der Waals surface area (Å²) in [4.78, 5) is 39.4. The topological polar surface area (TPSA) is 93.0 Å². The molecule has 1 fully saturated rings. The number of carbonyl (C=O) groups is 2. The number of hydrogen-bond acceptors (Lipinski definition) is 6. The van der Waals surface area contributed by atoms with Crippen LogP contribution in [-0.2, 0) is 9.53 Å². The van der Waals surface area contributed by atoms with E-state index in [0.29, 0.717) is 31.7 Å². The Kier molecular flexibility index (Phi) is 6.64. The number of rotatable bonds is 6. The normalized spacial score (nSPS) is 13.5. The predicted octanol–water partition coefficient (Wildman–Crippen LogP) is 3.77. The molecule has 3 aromatic rings. The molecule has 1 aliphatic heterocycles. The van der Waals surface area contributed by atoms with Gasteiger partial charge in [0.2, 0.25) is 0 Å². The quantitative estimate of drug-likeness (QED) is 0.326. The third-order valence-corrected chi connectivity index (χ3v) is 5.62. The lowest BCUT2D eigenvalue weighted by Gasteiger charge is -2.36. The van der Waals surface area contributed by atoms with Gasteiger partial charge in [-0.05, 0) is 29.3 Å². The van der Waals surface area contributed by atoms with E-state index in [2.05, 4.69) is 4.90 Å². The summed E-state index contributed by atoms with van der Waals surface area (Å²) < 4.78 is 5.34. The SMILES string of the molecule is O=C(OCC(=O)N1CCN(c2ccc([N+](=O)[O-])cc2)CC1)c1ccccc1-c1ccccc1. The lowest BCUT2D eigenvalue weighted by atomic mass is 10.00. The number of carbonyl (C=O) groups excluding carboxylic acids is 2. The fourth-order valence-corrected chi connectivity index (χ4v) is 3.83. The zero-order chi connectivity index (χ0) is 23.2. The van der Waals surface area contributed by atoms with Crippen molar-refractivity contribution in [2.45, 2.75) is 0 Å². The van der Waals surface area contributed by atoms with Crippen LogP contribution in [0, 0.1) is 10.1 Å². The van der Waals surface area contributed by atoms with E-state index < -0.39 is 10.9 Å². The molecule has 33 heavy (non-hydrogen) atoms. The summed E-state index contributed by atoms with van der Waals surface area (Å²) in [5.41, 5.74) is 2.99. The van der Waals surface area contributed by atoms with Crippen LogP contribution in [0.5, 0.6) is 0 Å². The molecule has 0 aromatic heterocycles. The van der Waals surface area contributed by atoms with Gasteiger partial charge in [-0.15, -0.1) is 0 Å². The van der Waals surface area contributed by atoms with E-state index in [4.69, 9.17) is 4.74 Å². The molecule has 0 bridgehead atoms. The maximum absolute atomic E-state index is 12.7. The van der Waals surface area contributed by atoms with Crippen molar-refractivity contribution < 1.29 is 19.2 Å². The molecule has 0 N–H and O–H groups in total. The number of benzene rings is 3. The predicted molar refractivity (Wildman–Crippen MR) is 124 cm³/mol. The van der Waals surface area contributed by atoms with E-state index in [0.717, 1.165) is 16.8 Å². The number of piperazine rings is 1. The summed E-state index contributed by atoms with van der Waals surface area (Å²) in [5, 5.41) is 10.8. The van der Waals surface area contributed by atoms with Gasteiger partial charge in [0.15, 0.2) is 6.61 Å². The van der Waals surface area contributed by atoms with Gasteiger partial charge in [-0.3, -0.25) is 14.9 Å². The minimum absolute atomic E-state index is 0.0446. The third-order valence-electron chi connectivity index (χ3n) is 5.62. The van der Waals surface area contributed by atoms with Crippen LogP contribution in [0.25, 0.3) is 11.1 Å². The van der Waals surface area contributed by atoms with Gasteiger partial charge in [0.25, 0.3) is 11.6 Å². The molecule has 0 saturated carbocycles. The van der Waals surface area contributed by atoms with Gasteiger partial charge in [0.05, 0.1) is 10.5 Å². The number of nitro benzene ring substituents is 1.